The number of hydrogen-bond acceptors (Lipinski definition) is 2. The third-order valence-electron chi connectivity index (χ3n) is 2.33. The van der Waals surface area contributed by atoms with Gasteiger partial charge in [0.05, 0.1) is 11.1 Å². The quantitative estimate of drug-likeness (QED) is 0.794. The minimum atomic E-state index is -0.119. The number of hydrogen-bond donors (Lipinski definition) is 0. The Balaban J connectivity index is 3.29. The Labute approximate surface area is 123 Å². The highest BCUT2D eigenvalue weighted by Crippen LogP contribution is 2.27. The molecule has 0 aliphatic heterocycles. The monoisotopic (exact) mass is 376 g/mol. The fourth-order valence-corrected chi connectivity index (χ4v) is 2.38. The summed E-state index contributed by atoms with van der Waals surface area (Å²) in [5.41, 5.74) is 1.03. The van der Waals surface area contributed by atoms with Crippen LogP contribution in [0.25, 0.3) is 0 Å². The lowest BCUT2D eigenvalue weighted by Crippen LogP contribution is -2.24. The van der Waals surface area contributed by atoms with E-state index in [4.69, 9.17) is 0 Å². The van der Waals surface area contributed by atoms with E-state index in [1.165, 1.54) is 9.80 Å². The molecule has 0 radical (unpaired) electrons. The molecule has 0 heterocycles. The van der Waals surface area contributed by atoms with E-state index in [0.717, 1.165) is 0 Å². The van der Waals surface area contributed by atoms with E-state index in [2.05, 4.69) is 31.9 Å². The first-order valence-electron chi connectivity index (χ1n) is 5.18. The fraction of sp³-hybridized carbons (Fsp3) is 0.333. The van der Waals surface area contributed by atoms with Gasteiger partial charge in [-0.1, -0.05) is 0 Å². The van der Waals surface area contributed by atoms with Crippen molar-refractivity contribution in [3.05, 3.63) is 32.2 Å². The molecular formula is C12H14Br2N2O2. The predicted molar refractivity (Wildman–Crippen MR) is 77.9 cm³/mol. The summed E-state index contributed by atoms with van der Waals surface area (Å²) in [5.74, 6) is -0.238. The zero-order chi connectivity index (χ0) is 14.0. The first-order valence-corrected chi connectivity index (χ1v) is 6.76. The predicted octanol–water partition coefficient (Wildman–Crippen LogP) is 2.62. The van der Waals surface area contributed by atoms with Crippen LogP contribution >= 0.6 is 31.9 Å². The van der Waals surface area contributed by atoms with Crippen molar-refractivity contribution in [1.82, 2.24) is 9.80 Å². The van der Waals surface area contributed by atoms with E-state index in [-0.39, 0.29) is 11.8 Å². The van der Waals surface area contributed by atoms with Crippen LogP contribution in [0, 0.1) is 0 Å². The maximum Gasteiger partial charge on any atom is 0.254 e. The van der Waals surface area contributed by atoms with Gasteiger partial charge in [0, 0.05) is 37.1 Å². The molecule has 0 saturated heterocycles. The van der Waals surface area contributed by atoms with E-state index in [1.807, 2.05) is 0 Å². The molecule has 0 saturated carbocycles. The van der Waals surface area contributed by atoms with Gasteiger partial charge in [0.1, 0.15) is 0 Å². The maximum atomic E-state index is 11.9. The normalized spacial score (nSPS) is 10.1. The van der Waals surface area contributed by atoms with Crippen molar-refractivity contribution in [1.29, 1.82) is 0 Å². The molecule has 0 aromatic heterocycles. The minimum absolute atomic E-state index is 0.119. The van der Waals surface area contributed by atoms with Crippen LogP contribution in [0.5, 0.6) is 0 Å². The molecule has 1 rings (SSSR count). The molecule has 2 amide bonds. The number of carbonyl (C=O) groups is 2. The van der Waals surface area contributed by atoms with Gasteiger partial charge in [-0.05, 0) is 44.0 Å². The number of nitrogens with zero attached hydrogens (tertiary/aromatic N) is 2. The highest BCUT2D eigenvalue weighted by Gasteiger charge is 2.19. The third-order valence-corrected chi connectivity index (χ3v) is 3.64. The zero-order valence-electron chi connectivity index (χ0n) is 10.6. The summed E-state index contributed by atoms with van der Waals surface area (Å²) < 4.78 is 1.21. The molecule has 0 aliphatic rings. The van der Waals surface area contributed by atoms with Crippen LogP contribution in [0.4, 0.5) is 0 Å². The number of benzene rings is 1. The smallest absolute Gasteiger partial charge is 0.254 e. The molecule has 1 aromatic rings. The van der Waals surface area contributed by atoms with Crippen LogP contribution in [0.2, 0.25) is 0 Å². The molecule has 1 aromatic carbocycles. The van der Waals surface area contributed by atoms with Crippen molar-refractivity contribution >= 4 is 43.7 Å². The molecule has 0 spiro atoms. The van der Waals surface area contributed by atoms with Gasteiger partial charge in [0.2, 0.25) is 0 Å². The Kier molecular flexibility index (Phi) is 4.92. The largest absolute Gasteiger partial charge is 0.345 e. The molecule has 6 heteroatoms. The number of rotatable bonds is 2. The van der Waals surface area contributed by atoms with E-state index in [9.17, 15) is 9.59 Å². The second-order valence-electron chi connectivity index (χ2n) is 4.21. The van der Waals surface area contributed by atoms with Crippen LogP contribution in [-0.2, 0) is 0 Å². The first kappa shape index (κ1) is 15.2. The fourth-order valence-electron chi connectivity index (χ4n) is 1.36. The number of amides is 2. The van der Waals surface area contributed by atoms with Crippen LogP contribution in [0.1, 0.15) is 20.7 Å². The first-order chi connectivity index (χ1) is 8.25. The van der Waals surface area contributed by atoms with Crippen LogP contribution in [0.15, 0.2) is 21.1 Å². The standard InChI is InChI=1S/C12H14Br2N2O2/c1-15(2)11(17)7-5-10(14)8(6-9(7)13)12(18)16(3)4/h5-6H,1-4H3. The van der Waals surface area contributed by atoms with E-state index >= 15 is 0 Å². The van der Waals surface area contributed by atoms with E-state index in [0.29, 0.717) is 20.1 Å². The summed E-state index contributed by atoms with van der Waals surface area (Å²) in [7, 11) is 6.73. The summed E-state index contributed by atoms with van der Waals surface area (Å²) in [4.78, 5) is 26.8. The third kappa shape index (κ3) is 3.11. The van der Waals surface area contributed by atoms with Crippen LogP contribution in [0.3, 0.4) is 0 Å². The topological polar surface area (TPSA) is 40.6 Å². The maximum absolute atomic E-state index is 11.9. The molecule has 0 atom stereocenters. The molecule has 0 bridgehead atoms. The Morgan fingerprint density at radius 2 is 1.11 bits per heavy atom. The Bertz CT molecular complexity index is 453. The molecule has 0 aliphatic carbocycles. The molecule has 0 fully saturated rings. The van der Waals surface area contributed by atoms with Gasteiger partial charge >= 0.3 is 0 Å². The van der Waals surface area contributed by atoms with Crippen molar-refractivity contribution in [3.8, 4) is 0 Å². The lowest BCUT2D eigenvalue weighted by molar-refractivity contribution is 0.0814. The summed E-state index contributed by atoms with van der Waals surface area (Å²) >= 11 is 6.66. The van der Waals surface area contributed by atoms with Crippen LogP contribution in [-0.4, -0.2) is 49.8 Å². The minimum Gasteiger partial charge on any atom is -0.345 e. The lowest BCUT2D eigenvalue weighted by Gasteiger charge is -2.15. The van der Waals surface area contributed by atoms with Crippen molar-refractivity contribution in [3.63, 3.8) is 0 Å². The lowest BCUT2D eigenvalue weighted by atomic mass is 10.1. The molecule has 0 unspecified atom stereocenters. The van der Waals surface area contributed by atoms with Gasteiger partial charge in [0.25, 0.3) is 11.8 Å². The number of carbonyl (C=O) groups excluding carboxylic acids is 2. The van der Waals surface area contributed by atoms with Crippen molar-refractivity contribution < 1.29 is 9.59 Å². The second kappa shape index (κ2) is 5.84. The summed E-state index contributed by atoms with van der Waals surface area (Å²) in [6.45, 7) is 0. The highest BCUT2D eigenvalue weighted by atomic mass is 79.9. The van der Waals surface area contributed by atoms with Crippen molar-refractivity contribution in [2.24, 2.45) is 0 Å². The Morgan fingerprint density at radius 3 is 1.33 bits per heavy atom. The molecule has 4 nitrogen and oxygen atoms in total. The molecule has 18 heavy (non-hydrogen) atoms. The molecule has 98 valence electrons. The second-order valence-corrected chi connectivity index (χ2v) is 5.92. The van der Waals surface area contributed by atoms with Crippen LogP contribution < -0.4 is 0 Å². The van der Waals surface area contributed by atoms with Gasteiger partial charge < -0.3 is 9.80 Å². The highest BCUT2D eigenvalue weighted by molar-refractivity contribution is 9.11. The van der Waals surface area contributed by atoms with Crippen molar-refractivity contribution in [2.75, 3.05) is 28.2 Å². The van der Waals surface area contributed by atoms with Gasteiger partial charge in [-0.25, -0.2) is 0 Å². The average Bonchev–Trinajstić information content (AvgIpc) is 2.29. The average molecular weight is 378 g/mol. The molecular weight excluding hydrogens is 364 g/mol. The Hall–Kier alpha value is -0.880. The van der Waals surface area contributed by atoms with E-state index < -0.39 is 0 Å². The summed E-state index contributed by atoms with van der Waals surface area (Å²) in [6.07, 6.45) is 0. The zero-order valence-corrected chi connectivity index (χ0v) is 13.8. The van der Waals surface area contributed by atoms with Crippen molar-refractivity contribution in [2.45, 2.75) is 0 Å². The van der Waals surface area contributed by atoms with Gasteiger partial charge in [0.15, 0.2) is 0 Å². The van der Waals surface area contributed by atoms with Gasteiger partial charge in [-0.2, -0.15) is 0 Å². The molecule has 0 N–H and O–H groups in total. The Morgan fingerprint density at radius 1 is 0.833 bits per heavy atom. The summed E-state index contributed by atoms with van der Waals surface area (Å²) in [5, 5.41) is 0. The number of halogens is 2. The van der Waals surface area contributed by atoms with Gasteiger partial charge in [-0.15, -0.1) is 0 Å². The summed E-state index contributed by atoms with van der Waals surface area (Å²) in [6, 6.07) is 3.31. The van der Waals surface area contributed by atoms with E-state index in [1.54, 1.807) is 40.3 Å². The van der Waals surface area contributed by atoms with Gasteiger partial charge in [-0.3, -0.25) is 9.59 Å². The SMILES string of the molecule is CN(C)C(=O)c1cc(Br)c(C(=O)N(C)C)cc1Br.